The summed E-state index contributed by atoms with van der Waals surface area (Å²) in [6.07, 6.45) is 7.54. The van der Waals surface area contributed by atoms with Crippen molar-refractivity contribution in [1.82, 2.24) is 15.3 Å². The smallest absolute Gasteiger partial charge is 0.223 e. The van der Waals surface area contributed by atoms with Gasteiger partial charge in [0.2, 0.25) is 5.91 Å². The number of hydrogen-bond donors (Lipinski definition) is 1. The average Bonchev–Trinajstić information content (AvgIpc) is 3.48. The Morgan fingerprint density at radius 2 is 1.77 bits per heavy atom. The number of aromatic nitrogens is 2. The third-order valence-corrected chi connectivity index (χ3v) is 5.96. The van der Waals surface area contributed by atoms with Gasteiger partial charge < -0.3 is 10.2 Å². The second-order valence-electron chi connectivity index (χ2n) is 7.14. The number of amides is 1. The number of nitrogens with zero attached hydrogens (tertiary/aromatic N) is 3. The first-order chi connectivity index (χ1) is 12.7. The topological polar surface area (TPSA) is 58.1 Å². The summed E-state index contributed by atoms with van der Waals surface area (Å²) in [5.74, 6) is 1.30. The molecule has 1 aliphatic heterocycles. The predicted octanol–water partition coefficient (Wildman–Crippen LogP) is 3.43. The fourth-order valence-electron chi connectivity index (χ4n) is 3.22. The molecule has 0 atom stereocenters. The van der Waals surface area contributed by atoms with Crippen molar-refractivity contribution < 1.29 is 4.79 Å². The van der Waals surface area contributed by atoms with Crippen molar-refractivity contribution in [3.8, 4) is 0 Å². The molecule has 1 aromatic carbocycles. The molecule has 4 rings (SSSR count). The molecule has 1 saturated carbocycles. The Bertz CT molecular complexity index is 768. The summed E-state index contributed by atoms with van der Waals surface area (Å²) >= 11 is 1.65. The lowest BCUT2D eigenvalue weighted by Gasteiger charge is -2.32. The maximum absolute atomic E-state index is 12.3. The molecule has 0 spiro atoms. The molecule has 2 heterocycles. The first-order valence-corrected chi connectivity index (χ1v) is 10.1. The molecule has 1 saturated heterocycles. The molecule has 26 heavy (non-hydrogen) atoms. The van der Waals surface area contributed by atoms with Gasteiger partial charge in [0.1, 0.15) is 5.03 Å². The second-order valence-corrected chi connectivity index (χ2v) is 8.21. The number of aryl methyl sites for hydroxylation is 1. The number of carbonyl (C=O) groups excluding carboxylic acids is 1. The van der Waals surface area contributed by atoms with Crippen molar-refractivity contribution in [2.24, 2.45) is 5.92 Å². The fourth-order valence-corrected chi connectivity index (χ4v) is 4.11. The number of anilines is 1. The molecule has 6 heteroatoms. The van der Waals surface area contributed by atoms with Gasteiger partial charge in [0.05, 0.1) is 0 Å². The van der Waals surface area contributed by atoms with Crippen LogP contribution in [0.25, 0.3) is 0 Å². The SMILES string of the molecule is Cc1ccc(Sc2nccnc2N2CCC(C(=O)NC3CC3)CC2)cc1. The zero-order valence-electron chi connectivity index (χ0n) is 15.0. The van der Waals surface area contributed by atoms with Crippen molar-refractivity contribution in [3.63, 3.8) is 0 Å². The fraction of sp³-hybridized carbons (Fsp3) is 0.450. The highest BCUT2D eigenvalue weighted by Gasteiger charge is 2.30. The Balaban J connectivity index is 1.41. The van der Waals surface area contributed by atoms with E-state index in [1.807, 2.05) is 0 Å². The summed E-state index contributed by atoms with van der Waals surface area (Å²) < 4.78 is 0. The van der Waals surface area contributed by atoms with Crippen LogP contribution >= 0.6 is 11.8 Å². The second kappa shape index (κ2) is 7.66. The number of piperidine rings is 1. The maximum Gasteiger partial charge on any atom is 0.223 e. The van der Waals surface area contributed by atoms with E-state index in [4.69, 9.17) is 0 Å². The van der Waals surface area contributed by atoms with Gasteiger partial charge in [-0.05, 0) is 44.7 Å². The highest BCUT2D eigenvalue weighted by molar-refractivity contribution is 7.99. The third-order valence-electron chi connectivity index (χ3n) is 4.97. The molecule has 1 aliphatic carbocycles. The quantitative estimate of drug-likeness (QED) is 0.876. The predicted molar refractivity (Wildman–Crippen MR) is 103 cm³/mol. The largest absolute Gasteiger partial charge is 0.354 e. The molecule has 1 aromatic heterocycles. The van der Waals surface area contributed by atoms with Crippen LogP contribution in [0.4, 0.5) is 5.82 Å². The van der Waals surface area contributed by atoms with Crippen molar-refractivity contribution >= 4 is 23.5 Å². The monoisotopic (exact) mass is 368 g/mol. The van der Waals surface area contributed by atoms with E-state index in [9.17, 15) is 4.79 Å². The molecule has 2 aliphatic rings. The molecular formula is C20H24N4OS. The molecular weight excluding hydrogens is 344 g/mol. The lowest BCUT2D eigenvalue weighted by atomic mass is 9.96. The third kappa shape index (κ3) is 4.18. The van der Waals surface area contributed by atoms with E-state index in [0.29, 0.717) is 6.04 Å². The highest BCUT2D eigenvalue weighted by Crippen LogP contribution is 2.34. The number of rotatable bonds is 5. The van der Waals surface area contributed by atoms with Crippen molar-refractivity contribution in [1.29, 1.82) is 0 Å². The number of nitrogens with one attached hydrogen (secondary N) is 1. The Kier molecular flexibility index (Phi) is 5.11. The van der Waals surface area contributed by atoms with Crippen molar-refractivity contribution in [2.45, 2.75) is 48.6 Å². The lowest BCUT2D eigenvalue weighted by Crippen LogP contribution is -2.41. The van der Waals surface area contributed by atoms with Crippen LogP contribution in [0.15, 0.2) is 46.6 Å². The van der Waals surface area contributed by atoms with Crippen LogP contribution in [0.2, 0.25) is 0 Å². The molecule has 1 N–H and O–H groups in total. The van der Waals surface area contributed by atoms with E-state index in [0.717, 1.165) is 54.5 Å². The van der Waals surface area contributed by atoms with Gasteiger partial charge in [-0.2, -0.15) is 0 Å². The van der Waals surface area contributed by atoms with Gasteiger partial charge >= 0.3 is 0 Å². The maximum atomic E-state index is 12.3. The van der Waals surface area contributed by atoms with Crippen LogP contribution in [0.1, 0.15) is 31.2 Å². The number of hydrogen-bond acceptors (Lipinski definition) is 5. The van der Waals surface area contributed by atoms with Gasteiger partial charge in [-0.15, -0.1) is 0 Å². The van der Waals surface area contributed by atoms with Crippen molar-refractivity contribution in [3.05, 3.63) is 42.2 Å². The van der Waals surface area contributed by atoms with E-state index in [1.165, 1.54) is 5.56 Å². The van der Waals surface area contributed by atoms with Gasteiger partial charge in [-0.3, -0.25) is 4.79 Å². The summed E-state index contributed by atoms with van der Waals surface area (Å²) in [6.45, 7) is 3.79. The first kappa shape index (κ1) is 17.3. The standard InChI is InChI=1S/C20H24N4OS/c1-14-2-6-17(7-3-14)26-20-18(21-10-11-22-20)24-12-8-15(9-13-24)19(25)23-16-4-5-16/h2-3,6-7,10-11,15-16H,4-5,8-9,12-13H2,1H3,(H,23,25). The number of carbonyl (C=O) groups is 1. The van der Waals surface area contributed by atoms with Crippen LogP contribution in [0.3, 0.4) is 0 Å². The van der Waals surface area contributed by atoms with Gasteiger partial charge in [-0.1, -0.05) is 29.5 Å². The first-order valence-electron chi connectivity index (χ1n) is 9.30. The summed E-state index contributed by atoms with van der Waals surface area (Å²) in [6, 6.07) is 8.91. The summed E-state index contributed by atoms with van der Waals surface area (Å²) in [4.78, 5) is 24.8. The van der Waals surface area contributed by atoms with Crippen LogP contribution in [0, 0.1) is 12.8 Å². The van der Waals surface area contributed by atoms with Gasteiger partial charge in [0.25, 0.3) is 0 Å². The molecule has 5 nitrogen and oxygen atoms in total. The molecule has 136 valence electrons. The van der Waals surface area contributed by atoms with E-state index >= 15 is 0 Å². The minimum absolute atomic E-state index is 0.136. The lowest BCUT2D eigenvalue weighted by molar-refractivity contribution is -0.125. The Labute approximate surface area is 158 Å². The van der Waals surface area contributed by atoms with E-state index in [2.05, 4.69) is 51.4 Å². The van der Waals surface area contributed by atoms with E-state index in [-0.39, 0.29) is 11.8 Å². The minimum Gasteiger partial charge on any atom is -0.354 e. The Hall–Kier alpha value is -2.08. The normalized spacial score (nSPS) is 18.0. The van der Waals surface area contributed by atoms with Crippen molar-refractivity contribution in [2.75, 3.05) is 18.0 Å². The Morgan fingerprint density at radius 1 is 1.08 bits per heavy atom. The molecule has 0 unspecified atom stereocenters. The van der Waals surface area contributed by atoms with Gasteiger partial charge in [0, 0.05) is 42.3 Å². The molecule has 1 amide bonds. The summed E-state index contributed by atoms with van der Waals surface area (Å²) in [5, 5.41) is 4.07. The molecule has 0 bridgehead atoms. The Morgan fingerprint density at radius 3 is 2.46 bits per heavy atom. The van der Waals surface area contributed by atoms with Gasteiger partial charge in [-0.25, -0.2) is 9.97 Å². The molecule has 0 radical (unpaired) electrons. The minimum atomic E-state index is 0.136. The molecule has 2 fully saturated rings. The van der Waals surface area contributed by atoms with Crippen LogP contribution in [-0.2, 0) is 4.79 Å². The zero-order chi connectivity index (χ0) is 17.9. The van der Waals surface area contributed by atoms with Gasteiger partial charge in [0.15, 0.2) is 5.82 Å². The molecule has 2 aromatic rings. The summed E-state index contributed by atoms with van der Waals surface area (Å²) in [7, 11) is 0. The van der Waals surface area contributed by atoms with Crippen LogP contribution < -0.4 is 10.2 Å². The van der Waals surface area contributed by atoms with Crippen LogP contribution in [-0.4, -0.2) is 35.0 Å². The highest BCUT2D eigenvalue weighted by atomic mass is 32.2. The zero-order valence-corrected chi connectivity index (χ0v) is 15.8. The van der Waals surface area contributed by atoms with E-state index < -0.39 is 0 Å². The summed E-state index contributed by atoms with van der Waals surface area (Å²) in [5.41, 5.74) is 1.25. The number of benzene rings is 1. The van der Waals surface area contributed by atoms with Crippen LogP contribution in [0.5, 0.6) is 0 Å². The average molecular weight is 369 g/mol. The van der Waals surface area contributed by atoms with E-state index in [1.54, 1.807) is 24.2 Å².